The Hall–Kier alpha value is -1.94. The van der Waals surface area contributed by atoms with Crippen LogP contribution in [0.4, 0.5) is 0 Å². The van der Waals surface area contributed by atoms with Crippen LogP contribution in [0.15, 0.2) is 34.8 Å². The van der Waals surface area contributed by atoms with E-state index in [4.69, 9.17) is 5.84 Å². The highest BCUT2D eigenvalue weighted by molar-refractivity contribution is 7.60. The fourth-order valence-corrected chi connectivity index (χ4v) is 2.72. The van der Waals surface area contributed by atoms with Crippen molar-refractivity contribution in [2.24, 2.45) is 16.4 Å². The maximum absolute atomic E-state index is 10.7. The smallest absolute Gasteiger partial charge is 0.210 e. The van der Waals surface area contributed by atoms with Crippen LogP contribution >= 0.6 is 8.58 Å². The number of hydrogen-bond donors (Lipinski definition) is 3. The van der Waals surface area contributed by atoms with Gasteiger partial charge in [0, 0.05) is 16.4 Å². The lowest BCUT2D eigenvalue weighted by Gasteiger charge is -2.22. The van der Waals surface area contributed by atoms with Crippen molar-refractivity contribution in [1.82, 2.24) is 10.2 Å². The number of aromatic hydroxyl groups is 1. The lowest BCUT2D eigenvalue weighted by Crippen LogP contribution is -2.15. The van der Waals surface area contributed by atoms with E-state index >= 15 is 0 Å². The zero-order chi connectivity index (χ0) is 16.8. The molecule has 1 heterocycles. The number of allylic oxidation sites excluding steroid dienone is 4. The molecule has 22 heavy (non-hydrogen) atoms. The number of hydrogen-bond acceptors (Lipinski definition) is 5. The van der Waals surface area contributed by atoms with Gasteiger partial charge in [-0.25, -0.2) is 5.10 Å². The van der Waals surface area contributed by atoms with Crippen LogP contribution in [0.3, 0.4) is 0 Å². The number of aromatic nitrogens is 2. The van der Waals surface area contributed by atoms with Crippen LogP contribution in [0.5, 0.6) is 5.88 Å². The van der Waals surface area contributed by atoms with Crippen molar-refractivity contribution < 1.29 is 9.90 Å². The van der Waals surface area contributed by atoms with Crippen molar-refractivity contribution >= 4 is 20.8 Å². The summed E-state index contributed by atoms with van der Waals surface area (Å²) in [5.41, 5.74) is 0.0579. The van der Waals surface area contributed by atoms with Crippen LogP contribution in [-0.2, 0) is 10.2 Å². The third kappa shape index (κ3) is 5.11. The van der Waals surface area contributed by atoms with E-state index in [9.17, 15) is 9.90 Å². The minimum atomic E-state index is -0.378. The average Bonchev–Trinajstić information content (AvgIpc) is 2.84. The molecule has 0 saturated carbocycles. The van der Waals surface area contributed by atoms with Gasteiger partial charge in [-0.2, -0.15) is 10.2 Å². The summed E-state index contributed by atoms with van der Waals surface area (Å²) in [4.78, 5) is 10.7. The Morgan fingerprint density at radius 3 is 2.59 bits per heavy atom. The minimum Gasteiger partial charge on any atom is -0.493 e. The van der Waals surface area contributed by atoms with Gasteiger partial charge >= 0.3 is 0 Å². The number of aromatic amines is 1. The number of hydrazone groups is 1. The number of rotatable bonds is 7. The molecular weight excluding hydrogens is 299 g/mol. The summed E-state index contributed by atoms with van der Waals surface area (Å²) >= 11 is 0. The SMILES string of the molecule is CC(C)(/C=C(/C=N\N)PC=O)/C=C/C(C)(C)c1cn[nH]c1O. The molecule has 1 aromatic heterocycles. The van der Waals surface area contributed by atoms with E-state index in [1.54, 1.807) is 6.20 Å². The Balaban J connectivity index is 3.01. The fraction of sp³-hybridized carbons (Fsp3) is 0.400. The second kappa shape index (κ2) is 7.36. The zero-order valence-electron chi connectivity index (χ0n) is 13.3. The number of nitrogens with zero attached hydrogens (tertiary/aromatic N) is 2. The van der Waals surface area contributed by atoms with Crippen molar-refractivity contribution in [3.05, 3.63) is 35.3 Å². The first-order valence-corrected chi connectivity index (χ1v) is 7.89. The summed E-state index contributed by atoms with van der Waals surface area (Å²) in [5, 5.41) is 20.4. The first-order valence-electron chi connectivity index (χ1n) is 6.81. The highest BCUT2D eigenvalue weighted by atomic mass is 31.1. The molecule has 0 saturated heterocycles. The molecule has 1 aromatic rings. The van der Waals surface area contributed by atoms with E-state index in [2.05, 4.69) is 15.3 Å². The molecule has 0 aliphatic rings. The fourth-order valence-electron chi connectivity index (χ4n) is 1.98. The topological polar surface area (TPSA) is 104 Å². The largest absolute Gasteiger partial charge is 0.493 e. The van der Waals surface area contributed by atoms with E-state index in [1.165, 1.54) is 6.21 Å². The molecule has 0 bridgehead atoms. The first-order chi connectivity index (χ1) is 10.2. The van der Waals surface area contributed by atoms with Gasteiger partial charge in [0.05, 0.1) is 12.4 Å². The average molecular weight is 322 g/mol. The monoisotopic (exact) mass is 322 g/mol. The maximum atomic E-state index is 10.7. The van der Waals surface area contributed by atoms with E-state index in [1.807, 2.05) is 45.9 Å². The van der Waals surface area contributed by atoms with E-state index in [-0.39, 0.29) is 25.3 Å². The Morgan fingerprint density at radius 2 is 2.09 bits per heavy atom. The molecule has 0 radical (unpaired) electrons. The first kappa shape index (κ1) is 18.1. The Bertz CT molecular complexity index is 600. The van der Waals surface area contributed by atoms with Gasteiger partial charge in [0.2, 0.25) is 5.88 Å². The Labute approximate surface area is 132 Å². The van der Waals surface area contributed by atoms with Crippen LogP contribution in [0.2, 0.25) is 0 Å². The Morgan fingerprint density at radius 1 is 1.41 bits per heavy atom. The van der Waals surface area contributed by atoms with Crippen molar-refractivity contribution in [3.63, 3.8) is 0 Å². The van der Waals surface area contributed by atoms with Crippen LogP contribution < -0.4 is 5.84 Å². The lowest BCUT2D eigenvalue weighted by atomic mass is 9.82. The van der Waals surface area contributed by atoms with E-state index in [0.29, 0.717) is 0 Å². The minimum absolute atomic E-state index is 0.0157. The number of nitrogens with two attached hydrogens (primary N) is 1. The molecule has 0 amide bonds. The van der Waals surface area contributed by atoms with Crippen LogP contribution in [-0.4, -0.2) is 27.5 Å². The second-order valence-corrected chi connectivity index (χ2v) is 7.25. The van der Waals surface area contributed by atoms with Gasteiger partial charge < -0.3 is 10.9 Å². The summed E-state index contributed by atoms with van der Waals surface area (Å²) in [6.07, 6.45) is 9.10. The quantitative estimate of drug-likeness (QED) is 0.179. The van der Waals surface area contributed by atoms with Crippen LogP contribution in [0.25, 0.3) is 0 Å². The van der Waals surface area contributed by atoms with Crippen molar-refractivity contribution in [2.75, 3.05) is 0 Å². The molecular formula is C15H23N4O2P. The van der Waals surface area contributed by atoms with Gasteiger partial charge in [0.1, 0.15) is 6.03 Å². The molecule has 0 fully saturated rings. The Kier molecular flexibility index (Phi) is 6.06. The third-order valence-electron chi connectivity index (χ3n) is 3.21. The number of H-pyrrole nitrogens is 1. The molecule has 0 spiro atoms. The molecule has 7 heteroatoms. The molecule has 1 unspecified atom stereocenters. The summed E-state index contributed by atoms with van der Waals surface area (Å²) in [6.45, 7) is 8.02. The van der Waals surface area contributed by atoms with Gasteiger partial charge in [-0.1, -0.05) is 45.9 Å². The predicted molar refractivity (Wildman–Crippen MR) is 92.0 cm³/mol. The molecule has 120 valence electrons. The van der Waals surface area contributed by atoms with Gasteiger partial charge in [0.15, 0.2) is 0 Å². The van der Waals surface area contributed by atoms with Crippen LogP contribution in [0.1, 0.15) is 33.3 Å². The predicted octanol–water partition coefficient (Wildman–Crippen LogP) is 2.67. The van der Waals surface area contributed by atoms with Gasteiger partial charge in [-0.15, -0.1) is 0 Å². The number of nitrogens with one attached hydrogen (secondary N) is 1. The maximum Gasteiger partial charge on any atom is 0.210 e. The second-order valence-electron chi connectivity index (χ2n) is 6.15. The van der Waals surface area contributed by atoms with Crippen molar-refractivity contribution in [2.45, 2.75) is 33.1 Å². The lowest BCUT2D eigenvalue weighted by molar-refractivity contribution is 0.435. The van der Waals surface area contributed by atoms with Gasteiger partial charge in [0.25, 0.3) is 0 Å². The van der Waals surface area contributed by atoms with Crippen LogP contribution in [0, 0.1) is 5.41 Å². The number of carbonyl (C=O) groups is 1. The normalized spacial score (nSPS) is 14.6. The number of carbonyl (C=O) groups excluding carboxylic acids is 1. The standard InChI is InChI=1S/C15H23N4O2P/c1-14(2,7-11(8-17-16)22-10-20)5-6-15(3,4)12-9-18-19-13(12)21/h5-10,22H,16H2,1-4H3,(H2,18,19,21)/b6-5+,11-7-,17-8-. The molecule has 4 N–H and O–H groups in total. The van der Waals surface area contributed by atoms with Crippen molar-refractivity contribution in [1.29, 1.82) is 0 Å². The molecule has 1 rings (SSSR count). The molecule has 0 aliphatic heterocycles. The highest BCUT2D eigenvalue weighted by Gasteiger charge is 2.24. The zero-order valence-corrected chi connectivity index (χ0v) is 14.3. The van der Waals surface area contributed by atoms with E-state index in [0.717, 1.165) is 16.9 Å². The van der Waals surface area contributed by atoms with Crippen molar-refractivity contribution in [3.8, 4) is 5.88 Å². The summed E-state index contributed by atoms with van der Waals surface area (Å²) in [7, 11) is 0.0157. The molecule has 0 aromatic carbocycles. The van der Waals surface area contributed by atoms with E-state index < -0.39 is 0 Å². The summed E-state index contributed by atoms with van der Waals surface area (Å²) in [5.74, 6) is 5.23. The summed E-state index contributed by atoms with van der Waals surface area (Å²) < 4.78 is 0. The van der Waals surface area contributed by atoms with Gasteiger partial charge in [-0.05, 0) is 13.9 Å². The highest BCUT2D eigenvalue weighted by Crippen LogP contribution is 2.33. The molecule has 0 aliphatic carbocycles. The molecule has 6 nitrogen and oxygen atoms in total. The van der Waals surface area contributed by atoms with Gasteiger partial charge in [-0.3, -0.25) is 4.79 Å². The third-order valence-corrected chi connectivity index (χ3v) is 3.93. The molecule has 1 atom stereocenters. The summed E-state index contributed by atoms with van der Waals surface area (Å²) in [6, 6.07) is 0.848.